The third kappa shape index (κ3) is 4.46. The van der Waals surface area contributed by atoms with E-state index in [0.29, 0.717) is 11.4 Å². The standard InChI is InChI=1S/C22H23N3O3/c1-15(2)25-20(13-14-23-25)24-21(26)16(3)28-22(27)19-11-9-18(10-12-19)17-7-5-4-6-8-17/h4-16H,1-3H3,(H,24,26)/t16-/m1/s1. The van der Waals surface area contributed by atoms with E-state index in [1.165, 1.54) is 0 Å². The molecule has 1 amide bonds. The molecule has 2 aromatic carbocycles. The highest BCUT2D eigenvalue weighted by atomic mass is 16.5. The van der Waals surface area contributed by atoms with Gasteiger partial charge in [0, 0.05) is 12.1 Å². The number of nitrogens with zero attached hydrogens (tertiary/aromatic N) is 2. The lowest BCUT2D eigenvalue weighted by Gasteiger charge is -2.16. The predicted octanol–water partition coefficient (Wildman–Crippen LogP) is 4.32. The second kappa shape index (κ2) is 8.52. The van der Waals surface area contributed by atoms with Gasteiger partial charge in [0.1, 0.15) is 5.82 Å². The van der Waals surface area contributed by atoms with Crippen LogP contribution in [0.15, 0.2) is 66.9 Å². The Kier molecular flexibility index (Phi) is 5.89. The van der Waals surface area contributed by atoms with Crippen LogP contribution >= 0.6 is 0 Å². The van der Waals surface area contributed by atoms with Crippen molar-refractivity contribution in [1.82, 2.24) is 9.78 Å². The highest BCUT2D eigenvalue weighted by Gasteiger charge is 2.20. The van der Waals surface area contributed by atoms with Crippen molar-refractivity contribution < 1.29 is 14.3 Å². The normalized spacial score (nSPS) is 11.9. The summed E-state index contributed by atoms with van der Waals surface area (Å²) < 4.78 is 7.00. The van der Waals surface area contributed by atoms with E-state index in [-0.39, 0.29) is 6.04 Å². The van der Waals surface area contributed by atoms with Crippen LogP contribution in [0.5, 0.6) is 0 Å². The summed E-state index contributed by atoms with van der Waals surface area (Å²) in [6.07, 6.45) is 0.678. The van der Waals surface area contributed by atoms with Crippen LogP contribution in [0.2, 0.25) is 0 Å². The van der Waals surface area contributed by atoms with Crippen molar-refractivity contribution in [3.05, 3.63) is 72.4 Å². The quantitative estimate of drug-likeness (QED) is 0.650. The van der Waals surface area contributed by atoms with Crippen LogP contribution in [-0.2, 0) is 9.53 Å². The second-order valence-corrected chi connectivity index (χ2v) is 6.73. The Morgan fingerprint density at radius 3 is 2.21 bits per heavy atom. The number of hydrogen-bond donors (Lipinski definition) is 1. The first kappa shape index (κ1) is 19.4. The molecule has 0 saturated carbocycles. The summed E-state index contributed by atoms with van der Waals surface area (Å²) in [5.74, 6) is -0.383. The summed E-state index contributed by atoms with van der Waals surface area (Å²) in [6, 6.07) is 18.8. The molecule has 144 valence electrons. The first-order valence-corrected chi connectivity index (χ1v) is 9.16. The first-order chi connectivity index (χ1) is 13.5. The highest BCUT2D eigenvalue weighted by Crippen LogP contribution is 2.20. The minimum atomic E-state index is -0.934. The van der Waals surface area contributed by atoms with Crippen LogP contribution in [0.1, 0.15) is 37.2 Å². The second-order valence-electron chi connectivity index (χ2n) is 6.73. The Morgan fingerprint density at radius 2 is 1.57 bits per heavy atom. The van der Waals surface area contributed by atoms with E-state index >= 15 is 0 Å². The first-order valence-electron chi connectivity index (χ1n) is 9.16. The van der Waals surface area contributed by atoms with E-state index in [1.54, 1.807) is 36.0 Å². The fourth-order valence-electron chi connectivity index (χ4n) is 2.76. The topological polar surface area (TPSA) is 73.2 Å². The number of hydrogen-bond acceptors (Lipinski definition) is 4. The van der Waals surface area contributed by atoms with Crippen LogP contribution in [0, 0.1) is 0 Å². The Labute approximate surface area is 164 Å². The van der Waals surface area contributed by atoms with Crippen molar-refractivity contribution in [2.75, 3.05) is 5.32 Å². The van der Waals surface area contributed by atoms with Crippen LogP contribution < -0.4 is 5.32 Å². The zero-order valence-corrected chi connectivity index (χ0v) is 16.1. The molecule has 1 atom stereocenters. The van der Waals surface area contributed by atoms with E-state index < -0.39 is 18.0 Å². The Balaban J connectivity index is 1.62. The summed E-state index contributed by atoms with van der Waals surface area (Å²) in [5.41, 5.74) is 2.47. The number of benzene rings is 2. The lowest BCUT2D eigenvalue weighted by Crippen LogP contribution is -2.31. The number of esters is 1. The van der Waals surface area contributed by atoms with Gasteiger partial charge in [-0.15, -0.1) is 0 Å². The van der Waals surface area contributed by atoms with Crippen molar-refractivity contribution in [3.8, 4) is 11.1 Å². The predicted molar refractivity (Wildman–Crippen MR) is 108 cm³/mol. The molecule has 28 heavy (non-hydrogen) atoms. The highest BCUT2D eigenvalue weighted by molar-refractivity contribution is 5.97. The molecule has 1 aromatic heterocycles. The molecule has 6 heteroatoms. The molecule has 0 saturated heterocycles. The molecular formula is C22H23N3O3. The molecule has 0 unspecified atom stereocenters. The molecule has 6 nitrogen and oxygen atoms in total. The maximum atomic E-state index is 12.4. The van der Waals surface area contributed by atoms with Crippen molar-refractivity contribution in [3.63, 3.8) is 0 Å². The van der Waals surface area contributed by atoms with E-state index in [9.17, 15) is 9.59 Å². The number of anilines is 1. The van der Waals surface area contributed by atoms with Gasteiger partial charge in [-0.05, 0) is 44.0 Å². The van der Waals surface area contributed by atoms with Gasteiger partial charge in [-0.3, -0.25) is 4.79 Å². The Bertz CT molecular complexity index is 947. The third-order valence-corrected chi connectivity index (χ3v) is 4.29. The summed E-state index contributed by atoms with van der Waals surface area (Å²) in [7, 11) is 0. The molecule has 0 radical (unpaired) electrons. The summed E-state index contributed by atoms with van der Waals surface area (Å²) >= 11 is 0. The zero-order valence-electron chi connectivity index (χ0n) is 16.1. The monoisotopic (exact) mass is 377 g/mol. The molecule has 1 N–H and O–H groups in total. The number of carbonyl (C=O) groups is 2. The van der Waals surface area contributed by atoms with Gasteiger partial charge in [-0.2, -0.15) is 5.10 Å². The maximum Gasteiger partial charge on any atom is 0.338 e. The molecule has 3 rings (SSSR count). The van der Waals surface area contributed by atoms with Crippen LogP contribution in [-0.4, -0.2) is 27.8 Å². The van der Waals surface area contributed by atoms with Crippen molar-refractivity contribution in [2.24, 2.45) is 0 Å². The summed E-state index contributed by atoms with van der Waals surface area (Å²) in [4.78, 5) is 24.7. The summed E-state index contributed by atoms with van der Waals surface area (Å²) in [5, 5.41) is 6.91. The number of aromatic nitrogens is 2. The van der Waals surface area contributed by atoms with Gasteiger partial charge in [0.15, 0.2) is 6.10 Å². The van der Waals surface area contributed by atoms with Gasteiger partial charge in [0.25, 0.3) is 5.91 Å². The molecule has 0 fully saturated rings. The lowest BCUT2D eigenvalue weighted by atomic mass is 10.0. The van der Waals surface area contributed by atoms with Crippen molar-refractivity contribution in [2.45, 2.75) is 32.9 Å². The van der Waals surface area contributed by atoms with E-state index in [0.717, 1.165) is 11.1 Å². The van der Waals surface area contributed by atoms with Gasteiger partial charge >= 0.3 is 5.97 Å². The van der Waals surface area contributed by atoms with E-state index in [4.69, 9.17) is 4.74 Å². The Morgan fingerprint density at radius 1 is 0.929 bits per heavy atom. The number of ether oxygens (including phenoxy) is 1. The van der Waals surface area contributed by atoms with Gasteiger partial charge < -0.3 is 10.1 Å². The molecule has 0 spiro atoms. The molecule has 0 aliphatic carbocycles. The van der Waals surface area contributed by atoms with E-state index in [1.807, 2.05) is 56.3 Å². The third-order valence-electron chi connectivity index (χ3n) is 4.29. The average molecular weight is 377 g/mol. The fraction of sp³-hybridized carbons (Fsp3) is 0.227. The molecular weight excluding hydrogens is 354 g/mol. The maximum absolute atomic E-state index is 12.4. The molecule has 0 bridgehead atoms. The van der Waals surface area contributed by atoms with Gasteiger partial charge in [-0.1, -0.05) is 42.5 Å². The van der Waals surface area contributed by atoms with E-state index in [2.05, 4.69) is 10.4 Å². The number of nitrogens with one attached hydrogen (secondary N) is 1. The van der Waals surface area contributed by atoms with Gasteiger partial charge in [0.05, 0.1) is 11.8 Å². The number of amides is 1. The minimum absolute atomic E-state index is 0.103. The average Bonchev–Trinajstić information content (AvgIpc) is 3.17. The van der Waals surface area contributed by atoms with Crippen LogP contribution in [0.4, 0.5) is 5.82 Å². The van der Waals surface area contributed by atoms with Crippen LogP contribution in [0.3, 0.4) is 0 Å². The van der Waals surface area contributed by atoms with Gasteiger partial charge in [0.2, 0.25) is 0 Å². The zero-order chi connectivity index (χ0) is 20.1. The summed E-state index contributed by atoms with van der Waals surface area (Å²) in [6.45, 7) is 5.47. The smallest absolute Gasteiger partial charge is 0.338 e. The molecule has 3 aromatic rings. The molecule has 0 aliphatic rings. The largest absolute Gasteiger partial charge is 0.449 e. The van der Waals surface area contributed by atoms with Crippen molar-refractivity contribution >= 4 is 17.7 Å². The van der Waals surface area contributed by atoms with Crippen LogP contribution in [0.25, 0.3) is 11.1 Å². The SMILES string of the molecule is CC(C)n1nccc1NC(=O)[C@@H](C)OC(=O)c1ccc(-c2ccccc2)cc1. The molecule has 0 aliphatic heterocycles. The fourth-order valence-corrected chi connectivity index (χ4v) is 2.76. The van der Waals surface area contributed by atoms with Gasteiger partial charge in [-0.25, -0.2) is 9.48 Å². The Hall–Kier alpha value is -3.41. The number of carbonyl (C=O) groups excluding carboxylic acids is 2. The minimum Gasteiger partial charge on any atom is -0.449 e. The van der Waals surface area contributed by atoms with Crippen molar-refractivity contribution in [1.29, 1.82) is 0 Å². The number of rotatable bonds is 6. The lowest BCUT2D eigenvalue weighted by molar-refractivity contribution is -0.123. The molecule has 1 heterocycles.